The van der Waals surface area contributed by atoms with Crippen molar-refractivity contribution in [3.63, 3.8) is 0 Å². The summed E-state index contributed by atoms with van der Waals surface area (Å²) < 4.78 is 0. The van der Waals surface area contributed by atoms with E-state index in [1.807, 2.05) is 18.2 Å². The van der Waals surface area contributed by atoms with Crippen molar-refractivity contribution >= 4 is 23.2 Å². The van der Waals surface area contributed by atoms with E-state index in [-0.39, 0.29) is 0 Å². The Morgan fingerprint density at radius 1 is 1.11 bits per heavy atom. The highest BCUT2D eigenvalue weighted by molar-refractivity contribution is 6.35. The average Bonchev–Trinajstić information content (AvgIpc) is 2.28. The van der Waals surface area contributed by atoms with E-state index in [4.69, 9.17) is 23.2 Å². The van der Waals surface area contributed by atoms with Crippen molar-refractivity contribution in [2.24, 2.45) is 11.8 Å². The molecule has 0 aromatic heterocycles. The molecule has 0 aliphatic carbocycles. The van der Waals surface area contributed by atoms with E-state index in [0.717, 1.165) is 18.0 Å². The Hall–Kier alpha value is -0.240. The van der Waals surface area contributed by atoms with Crippen LogP contribution in [0.25, 0.3) is 0 Å². The lowest BCUT2D eigenvalue weighted by atomic mass is 9.90. The number of halogens is 2. The molecule has 3 heteroatoms. The second-order valence-corrected chi connectivity index (χ2v) is 6.84. The number of rotatable bonds is 7. The second kappa shape index (κ2) is 8.14. The summed E-state index contributed by atoms with van der Waals surface area (Å²) in [6.45, 7) is 9.94. The normalized spacial score (nSPS) is 13.3. The minimum absolute atomic E-state index is 0.523. The number of nitrogens with one attached hydrogen (secondary N) is 1. The zero-order valence-corrected chi connectivity index (χ0v) is 13.9. The Morgan fingerprint density at radius 3 is 2.32 bits per heavy atom. The van der Waals surface area contributed by atoms with Crippen LogP contribution in [0.15, 0.2) is 18.2 Å². The van der Waals surface area contributed by atoms with Crippen molar-refractivity contribution in [2.45, 2.75) is 46.6 Å². The molecule has 1 unspecified atom stereocenters. The van der Waals surface area contributed by atoms with Crippen LogP contribution < -0.4 is 5.32 Å². The van der Waals surface area contributed by atoms with Gasteiger partial charge in [0.25, 0.3) is 0 Å². The van der Waals surface area contributed by atoms with Gasteiger partial charge in [-0.2, -0.15) is 0 Å². The highest BCUT2D eigenvalue weighted by Gasteiger charge is 2.14. The van der Waals surface area contributed by atoms with E-state index in [1.165, 1.54) is 12.0 Å². The smallest absolute Gasteiger partial charge is 0.0452 e. The van der Waals surface area contributed by atoms with Crippen molar-refractivity contribution in [1.29, 1.82) is 0 Å². The third-order valence-electron chi connectivity index (χ3n) is 3.14. The van der Waals surface area contributed by atoms with Gasteiger partial charge in [-0.15, -0.1) is 0 Å². The average molecular weight is 302 g/mol. The molecule has 0 spiro atoms. The minimum Gasteiger partial charge on any atom is -0.314 e. The van der Waals surface area contributed by atoms with Gasteiger partial charge in [-0.05, 0) is 48.9 Å². The molecule has 0 aliphatic rings. The van der Waals surface area contributed by atoms with Crippen molar-refractivity contribution in [1.82, 2.24) is 5.32 Å². The maximum absolute atomic E-state index is 6.27. The molecule has 0 amide bonds. The van der Waals surface area contributed by atoms with Crippen molar-refractivity contribution in [2.75, 3.05) is 6.54 Å². The molecule has 108 valence electrons. The summed E-state index contributed by atoms with van der Waals surface area (Å²) in [4.78, 5) is 0. The van der Waals surface area contributed by atoms with Gasteiger partial charge in [-0.1, -0.05) is 57.0 Å². The van der Waals surface area contributed by atoms with E-state index in [1.54, 1.807) is 0 Å². The summed E-state index contributed by atoms with van der Waals surface area (Å²) in [5.74, 6) is 1.31. The van der Waals surface area contributed by atoms with Crippen LogP contribution in [0, 0.1) is 11.8 Å². The summed E-state index contributed by atoms with van der Waals surface area (Å²) in [5, 5.41) is 5.02. The van der Waals surface area contributed by atoms with Crippen LogP contribution in [-0.4, -0.2) is 12.6 Å². The molecular weight excluding hydrogens is 277 g/mol. The lowest BCUT2D eigenvalue weighted by Gasteiger charge is -2.21. The van der Waals surface area contributed by atoms with Gasteiger partial charge in [0, 0.05) is 16.1 Å². The van der Waals surface area contributed by atoms with Gasteiger partial charge < -0.3 is 5.32 Å². The van der Waals surface area contributed by atoms with Crippen LogP contribution in [-0.2, 0) is 6.42 Å². The molecule has 1 rings (SSSR count). The van der Waals surface area contributed by atoms with Gasteiger partial charge in [-0.25, -0.2) is 0 Å². The molecule has 0 saturated heterocycles. The third-order valence-corrected chi connectivity index (χ3v) is 3.73. The van der Waals surface area contributed by atoms with Crippen LogP contribution in [0.4, 0.5) is 0 Å². The standard InChI is InChI=1S/C16H25Cl2N/c1-11(2)7-13(10-19-12(3)4)8-14-5-6-15(17)9-16(14)18/h5-6,9,11-13,19H,7-8,10H2,1-4H3. The predicted octanol–water partition coefficient (Wildman–Crippen LogP) is 5.20. The molecule has 1 nitrogen and oxygen atoms in total. The second-order valence-electron chi connectivity index (χ2n) is 6.00. The first-order chi connectivity index (χ1) is 8.88. The van der Waals surface area contributed by atoms with Crippen LogP contribution in [0.2, 0.25) is 10.0 Å². The number of benzene rings is 1. The molecule has 0 fully saturated rings. The summed E-state index contributed by atoms with van der Waals surface area (Å²) in [7, 11) is 0. The first kappa shape index (κ1) is 16.8. The van der Waals surface area contributed by atoms with E-state index >= 15 is 0 Å². The fourth-order valence-corrected chi connectivity index (χ4v) is 2.79. The molecule has 1 aromatic carbocycles. The summed E-state index contributed by atoms with van der Waals surface area (Å²) in [5.41, 5.74) is 1.20. The predicted molar refractivity (Wildman–Crippen MR) is 86.2 cm³/mol. The van der Waals surface area contributed by atoms with E-state index in [9.17, 15) is 0 Å². The van der Waals surface area contributed by atoms with Gasteiger partial charge in [0.15, 0.2) is 0 Å². The third kappa shape index (κ3) is 6.65. The Balaban J connectivity index is 2.69. The Bertz CT molecular complexity index is 388. The van der Waals surface area contributed by atoms with Crippen molar-refractivity contribution in [3.05, 3.63) is 33.8 Å². The maximum atomic E-state index is 6.27. The molecule has 1 N–H and O–H groups in total. The maximum Gasteiger partial charge on any atom is 0.0452 e. The van der Waals surface area contributed by atoms with Crippen LogP contribution >= 0.6 is 23.2 Å². The Kier molecular flexibility index (Phi) is 7.20. The minimum atomic E-state index is 0.523. The molecule has 1 atom stereocenters. The highest BCUT2D eigenvalue weighted by atomic mass is 35.5. The largest absolute Gasteiger partial charge is 0.314 e. The fourth-order valence-electron chi connectivity index (χ4n) is 2.31. The van der Waals surface area contributed by atoms with E-state index in [2.05, 4.69) is 33.0 Å². The lowest BCUT2D eigenvalue weighted by molar-refractivity contribution is 0.373. The SMILES string of the molecule is CC(C)CC(CNC(C)C)Cc1ccc(Cl)cc1Cl. The molecule has 0 heterocycles. The van der Waals surface area contributed by atoms with Gasteiger partial charge in [0.1, 0.15) is 0 Å². The zero-order valence-electron chi connectivity index (χ0n) is 12.3. The van der Waals surface area contributed by atoms with Crippen LogP contribution in [0.5, 0.6) is 0 Å². The van der Waals surface area contributed by atoms with Crippen LogP contribution in [0.3, 0.4) is 0 Å². The van der Waals surface area contributed by atoms with E-state index in [0.29, 0.717) is 22.9 Å². The Morgan fingerprint density at radius 2 is 1.79 bits per heavy atom. The zero-order chi connectivity index (χ0) is 14.4. The lowest BCUT2D eigenvalue weighted by Crippen LogP contribution is -2.30. The quantitative estimate of drug-likeness (QED) is 0.730. The first-order valence-electron chi connectivity index (χ1n) is 7.05. The Labute approximate surface area is 127 Å². The molecule has 0 radical (unpaired) electrons. The topological polar surface area (TPSA) is 12.0 Å². The number of hydrogen-bond acceptors (Lipinski definition) is 1. The first-order valence-corrected chi connectivity index (χ1v) is 7.81. The molecule has 0 saturated carbocycles. The molecule has 0 aliphatic heterocycles. The summed E-state index contributed by atoms with van der Waals surface area (Å²) in [6, 6.07) is 6.33. The van der Waals surface area contributed by atoms with Gasteiger partial charge in [0.2, 0.25) is 0 Å². The summed E-state index contributed by atoms with van der Waals surface area (Å²) >= 11 is 12.2. The van der Waals surface area contributed by atoms with Gasteiger partial charge >= 0.3 is 0 Å². The van der Waals surface area contributed by atoms with E-state index < -0.39 is 0 Å². The van der Waals surface area contributed by atoms with Crippen molar-refractivity contribution in [3.8, 4) is 0 Å². The molecule has 1 aromatic rings. The van der Waals surface area contributed by atoms with Gasteiger partial charge in [0.05, 0.1) is 0 Å². The van der Waals surface area contributed by atoms with Crippen molar-refractivity contribution < 1.29 is 0 Å². The monoisotopic (exact) mass is 301 g/mol. The summed E-state index contributed by atoms with van der Waals surface area (Å²) in [6.07, 6.45) is 2.21. The highest BCUT2D eigenvalue weighted by Crippen LogP contribution is 2.25. The van der Waals surface area contributed by atoms with Crippen LogP contribution in [0.1, 0.15) is 39.7 Å². The molecule has 0 bridgehead atoms. The van der Waals surface area contributed by atoms with Gasteiger partial charge in [-0.3, -0.25) is 0 Å². The fraction of sp³-hybridized carbons (Fsp3) is 0.625. The number of hydrogen-bond donors (Lipinski definition) is 1. The molecular formula is C16H25Cl2N. The molecule has 19 heavy (non-hydrogen) atoms.